The lowest BCUT2D eigenvalue weighted by Gasteiger charge is -2.46. The molecule has 40 heavy (non-hydrogen) atoms. The maximum absolute atomic E-state index is 13.4. The Kier molecular flexibility index (Phi) is 7.35. The standard InChI is InChI=1S/C31H42F3NO4Si/c1-28(2,3)40(6,7)39-23-17-29(4,5)16-21-24(23)26-25(22(18-36)35-21)27(38-30(26)12-14-37-15-13-30)19-8-10-20(11-9-19)31(32,33)34/h8-11,23,27,36H,12-18H2,1-7H3/t23?,27-/m1/s1. The van der Waals surface area contributed by atoms with Gasteiger partial charge in [-0.2, -0.15) is 13.2 Å². The fourth-order valence-electron chi connectivity index (χ4n) is 6.35. The van der Waals surface area contributed by atoms with E-state index in [1.54, 1.807) is 0 Å². The van der Waals surface area contributed by atoms with Crippen molar-refractivity contribution in [2.24, 2.45) is 5.41 Å². The molecule has 1 aliphatic carbocycles. The van der Waals surface area contributed by atoms with E-state index < -0.39 is 31.8 Å². The molecule has 1 N–H and O–H groups in total. The van der Waals surface area contributed by atoms with Crippen LogP contribution in [-0.2, 0) is 38.7 Å². The molecular formula is C31H42F3NO4Si. The number of hydrogen-bond donors (Lipinski definition) is 1. The van der Waals surface area contributed by atoms with Gasteiger partial charge in [0, 0.05) is 42.9 Å². The van der Waals surface area contributed by atoms with E-state index >= 15 is 0 Å². The molecule has 2 atom stereocenters. The van der Waals surface area contributed by atoms with Gasteiger partial charge in [0.1, 0.15) is 6.10 Å². The van der Waals surface area contributed by atoms with Crippen molar-refractivity contribution >= 4 is 8.32 Å². The molecule has 0 amide bonds. The number of fused-ring (bicyclic) bond motifs is 4. The molecule has 9 heteroatoms. The van der Waals surface area contributed by atoms with Gasteiger partial charge in [-0.15, -0.1) is 0 Å². The topological polar surface area (TPSA) is 60.8 Å². The minimum Gasteiger partial charge on any atom is -0.410 e. The first-order chi connectivity index (χ1) is 18.5. The van der Waals surface area contributed by atoms with Crippen LogP contribution in [0.3, 0.4) is 0 Å². The van der Waals surface area contributed by atoms with Crippen molar-refractivity contribution in [2.45, 2.75) is 109 Å². The van der Waals surface area contributed by atoms with E-state index in [2.05, 4.69) is 47.7 Å². The predicted octanol–water partition coefficient (Wildman–Crippen LogP) is 7.75. The zero-order valence-corrected chi connectivity index (χ0v) is 25.7. The van der Waals surface area contributed by atoms with Gasteiger partial charge in [-0.25, -0.2) is 0 Å². The van der Waals surface area contributed by atoms with Crippen LogP contribution in [0.1, 0.15) is 105 Å². The Morgan fingerprint density at radius 1 is 1.05 bits per heavy atom. The Bertz CT molecular complexity index is 1260. The summed E-state index contributed by atoms with van der Waals surface area (Å²) in [5.74, 6) is 0. The first kappa shape index (κ1) is 29.7. The van der Waals surface area contributed by atoms with Gasteiger partial charge in [0.05, 0.1) is 29.6 Å². The highest BCUT2D eigenvalue weighted by atomic mass is 28.4. The molecule has 0 saturated carbocycles. The Hall–Kier alpha value is -1.78. The molecule has 5 rings (SSSR count). The lowest BCUT2D eigenvalue weighted by Crippen LogP contribution is -2.45. The fraction of sp³-hybridized carbons (Fsp3) is 0.645. The summed E-state index contributed by atoms with van der Waals surface area (Å²) in [4.78, 5) is 5.05. The van der Waals surface area contributed by atoms with E-state index in [-0.39, 0.29) is 23.2 Å². The highest BCUT2D eigenvalue weighted by Crippen LogP contribution is 2.58. The lowest BCUT2D eigenvalue weighted by atomic mass is 9.70. The van der Waals surface area contributed by atoms with Gasteiger partial charge in [-0.3, -0.25) is 4.98 Å². The second-order valence-electron chi connectivity index (χ2n) is 14.0. The number of ether oxygens (including phenoxy) is 2. The number of aliphatic hydroxyl groups excluding tert-OH is 1. The predicted molar refractivity (Wildman–Crippen MR) is 149 cm³/mol. The third kappa shape index (κ3) is 5.17. The second-order valence-corrected chi connectivity index (χ2v) is 18.8. The zero-order valence-electron chi connectivity index (χ0n) is 24.7. The van der Waals surface area contributed by atoms with Crippen LogP contribution in [0, 0.1) is 5.41 Å². The van der Waals surface area contributed by atoms with Gasteiger partial charge >= 0.3 is 6.18 Å². The number of rotatable bonds is 4. The zero-order chi connectivity index (χ0) is 29.3. The monoisotopic (exact) mass is 577 g/mol. The van der Waals surface area contributed by atoms with Crippen LogP contribution in [-0.4, -0.2) is 31.6 Å². The van der Waals surface area contributed by atoms with E-state index in [0.717, 1.165) is 47.4 Å². The molecule has 1 aromatic heterocycles. The number of aliphatic hydroxyl groups is 1. The molecule has 1 fully saturated rings. The number of pyridine rings is 1. The number of hydrogen-bond acceptors (Lipinski definition) is 5. The van der Waals surface area contributed by atoms with Crippen molar-refractivity contribution in [2.75, 3.05) is 13.2 Å². The van der Waals surface area contributed by atoms with E-state index in [0.29, 0.717) is 37.3 Å². The molecular weight excluding hydrogens is 535 g/mol. The van der Waals surface area contributed by atoms with E-state index in [4.69, 9.17) is 18.9 Å². The summed E-state index contributed by atoms with van der Waals surface area (Å²) in [6.45, 7) is 16.4. The van der Waals surface area contributed by atoms with E-state index in [9.17, 15) is 18.3 Å². The van der Waals surface area contributed by atoms with Crippen molar-refractivity contribution in [3.8, 4) is 0 Å². The Labute approximate surface area is 236 Å². The van der Waals surface area contributed by atoms with Crippen LogP contribution >= 0.6 is 0 Å². The number of halogens is 3. The van der Waals surface area contributed by atoms with Crippen molar-refractivity contribution in [3.05, 3.63) is 63.5 Å². The van der Waals surface area contributed by atoms with Crippen molar-refractivity contribution < 1.29 is 32.2 Å². The number of benzene rings is 1. The number of aromatic nitrogens is 1. The van der Waals surface area contributed by atoms with Crippen LogP contribution in [0.25, 0.3) is 0 Å². The summed E-state index contributed by atoms with van der Waals surface area (Å²) in [6.07, 6.45) is -2.44. The maximum Gasteiger partial charge on any atom is 0.416 e. The molecule has 1 unspecified atom stereocenters. The second kappa shape index (κ2) is 9.90. The molecule has 1 aromatic carbocycles. The van der Waals surface area contributed by atoms with Gasteiger partial charge in [-0.05, 0) is 59.6 Å². The van der Waals surface area contributed by atoms with Gasteiger partial charge in [0.15, 0.2) is 8.32 Å². The summed E-state index contributed by atoms with van der Waals surface area (Å²) < 4.78 is 59.9. The van der Waals surface area contributed by atoms with Crippen LogP contribution in [0.15, 0.2) is 24.3 Å². The summed E-state index contributed by atoms with van der Waals surface area (Å²) in [5.41, 5.74) is 3.51. The smallest absolute Gasteiger partial charge is 0.410 e. The molecule has 220 valence electrons. The molecule has 1 saturated heterocycles. The maximum atomic E-state index is 13.4. The molecule has 2 aromatic rings. The van der Waals surface area contributed by atoms with Crippen molar-refractivity contribution in [1.82, 2.24) is 4.98 Å². The number of nitrogens with zero attached hydrogens (tertiary/aromatic N) is 1. The summed E-state index contributed by atoms with van der Waals surface area (Å²) in [7, 11) is -2.19. The molecule has 2 aliphatic heterocycles. The SMILES string of the molecule is CC1(C)Cc2nc(CO)c3c(c2C(O[Si](C)(C)C(C)(C)C)C1)C1(CCOCC1)O[C@@H]3c1ccc(C(F)(F)F)cc1. The first-order valence-corrected chi connectivity index (χ1v) is 17.2. The van der Waals surface area contributed by atoms with E-state index in [1.165, 1.54) is 12.1 Å². The van der Waals surface area contributed by atoms with Crippen LogP contribution in [0.2, 0.25) is 18.1 Å². The molecule has 5 nitrogen and oxygen atoms in total. The minimum atomic E-state index is -4.42. The third-order valence-electron chi connectivity index (χ3n) is 9.43. The normalized spacial score (nSPS) is 24.2. The molecule has 0 bridgehead atoms. The summed E-state index contributed by atoms with van der Waals surface area (Å²) in [5, 5.41) is 10.6. The highest BCUT2D eigenvalue weighted by molar-refractivity contribution is 6.74. The highest BCUT2D eigenvalue weighted by Gasteiger charge is 2.53. The van der Waals surface area contributed by atoms with Crippen molar-refractivity contribution in [3.63, 3.8) is 0 Å². The van der Waals surface area contributed by atoms with Gasteiger partial charge in [0.2, 0.25) is 0 Å². The van der Waals surface area contributed by atoms with Gasteiger partial charge in [0.25, 0.3) is 0 Å². The van der Waals surface area contributed by atoms with Gasteiger partial charge < -0.3 is 19.0 Å². The summed E-state index contributed by atoms with van der Waals surface area (Å²) in [6, 6.07) is 5.18. The van der Waals surface area contributed by atoms with Gasteiger partial charge in [-0.1, -0.05) is 46.8 Å². The average molecular weight is 578 g/mol. The number of alkyl halides is 3. The Morgan fingerprint density at radius 3 is 2.23 bits per heavy atom. The van der Waals surface area contributed by atoms with Crippen LogP contribution in [0.4, 0.5) is 13.2 Å². The van der Waals surface area contributed by atoms with Crippen LogP contribution < -0.4 is 0 Å². The average Bonchev–Trinajstić information content (AvgIpc) is 3.16. The third-order valence-corrected chi connectivity index (χ3v) is 13.9. The Balaban J connectivity index is 1.73. The lowest BCUT2D eigenvalue weighted by molar-refractivity contribution is -0.137. The largest absolute Gasteiger partial charge is 0.416 e. The van der Waals surface area contributed by atoms with Crippen molar-refractivity contribution in [1.29, 1.82) is 0 Å². The van der Waals surface area contributed by atoms with Crippen LogP contribution in [0.5, 0.6) is 0 Å². The molecule has 1 spiro atoms. The quantitative estimate of drug-likeness (QED) is 0.377. The fourth-order valence-corrected chi connectivity index (χ4v) is 7.61. The Morgan fingerprint density at radius 2 is 1.68 bits per heavy atom. The summed E-state index contributed by atoms with van der Waals surface area (Å²) >= 11 is 0. The first-order valence-electron chi connectivity index (χ1n) is 14.3. The molecule has 3 heterocycles. The molecule has 0 radical (unpaired) electrons. The van der Waals surface area contributed by atoms with E-state index in [1.807, 2.05) is 0 Å². The minimum absolute atomic E-state index is 0.00598. The molecule has 3 aliphatic rings.